The Bertz CT molecular complexity index is 1370. The van der Waals surface area contributed by atoms with Crippen molar-refractivity contribution in [3.8, 4) is 11.1 Å². The van der Waals surface area contributed by atoms with Crippen molar-refractivity contribution in [1.29, 1.82) is 0 Å². The van der Waals surface area contributed by atoms with Gasteiger partial charge in [0.1, 0.15) is 5.52 Å². The van der Waals surface area contributed by atoms with Crippen molar-refractivity contribution in [3.05, 3.63) is 89.9 Å². The molecule has 0 amide bonds. The van der Waals surface area contributed by atoms with Crippen molar-refractivity contribution in [2.45, 2.75) is 38.3 Å². The van der Waals surface area contributed by atoms with Crippen molar-refractivity contribution in [3.63, 3.8) is 0 Å². The van der Waals surface area contributed by atoms with Crippen molar-refractivity contribution in [2.24, 2.45) is 0 Å². The number of hydrogen-bond acceptors (Lipinski definition) is 3. The molecule has 4 nitrogen and oxygen atoms in total. The standard InChI is InChI=1S/C27H25N3O/c1-17(18-6-3-2-4-7-18)29-24-9-5-8-21-22-14-19(10-12-23(22)30-27(21)24)20-11-13-26-25(15-20)28-16-31-26/h2-4,6-7,10-17,24,29-30H,5,8-9H2,1H3/t17-,24-/m1/s1. The topological polar surface area (TPSA) is 53.9 Å². The van der Waals surface area contributed by atoms with Crippen LogP contribution in [0, 0.1) is 0 Å². The van der Waals surface area contributed by atoms with Crippen molar-refractivity contribution in [1.82, 2.24) is 15.3 Å². The molecule has 5 aromatic rings. The van der Waals surface area contributed by atoms with Crippen molar-refractivity contribution in [2.75, 3.05) is 0 Å². The Labute approximate surface area is 181 Å². The van der Waals surface area contributed by atoms with Gasteiger partial charge >= 0.3 is 0 Å². The van der Waals surface area contributed by atoms with Crippen LogP contribution in [0.1, 0.15) is 48.7 Å². The Morgan fingerprint density at radius 3 is 2.77 bits per heavy atom. The summed E-state index contributed by atoms with van der Waals surface area (Å²) in [5.41, 5.74) is 9.47. The number of aromatic amines is 1. The molecule has 0 bridgehead atoms. The summed E-state index contributed by atoms with van der Waals surface area (Å²) in [6, 6.07) is 24.3. The highest BCUT2D eigenvalue weighted by atomic mass is 16.3. The first-order valence-corrected chi connectivity index (χ1v) is 11.1. The van der Waals surface area contributed by atoms with Crippen LogP contribution in [0.3, 0.4) is 0 Å². The van der Waals surface area contributed by atoms with E-state index in [2.05, 4.69) is 82.9 Å². The molecule has 1 aliphatic rings. The van der Waals surface area contributed by atoms with Gasteiger partial charge in [-0.2, -0.15) is 0 Å². The molecule has 2 atom stereocenters. The summed E-state index contributed by atoms with van der Waals surface area (Å²) < 4.78 is 5.39. The molecule has 0 unspecified atom stereocenters. The molecule has 0 spiro atoms. The zero-order valence-electron chi connectivity index (χ0n) is 17.6. The third kappa shape index (κ3) is 3.24. The lowest BCUT2D eigenvalue weighted by atomic mass is 9.90. The number of fused-ring (bicyclic) bond motifs is 4. The lowest BCUT2D eigenvalue weighted by Gasteiger charge is -2.27. The molecule has 4 heteroatoms. The maximum Gasteiger partial charge on any atom is 0.181 e. The van der Waals surface area contributed by atoms with Gasteiger partial charge < -0.3 is 14.7 Å². The van der Waals surface area contributed by atoms with E-state index in [9.17, 15) is 0 Å². The molecule has 3 aromatic carbocycles. The van der Waals surface area contributed by atoms with Gasteiger partial charge in [-0.25, -0.2) is 4.98 Å². The number of nitrogens with zero attached hydrogens (tertiary/aromatic N) is 1. The Morgan fingerprint density at radius 2 is 1.87 bits per heavy atom. The second-order valence-corrected chi connectivity index (χ2v) is 8.56. The highest BCUT2D eigenvalue weighted by Gasteiger charge is 2.25. The summed E-state index contributed by atoms with van der Waals surface area (Å²) in [6.45, 7) is 2.25. The van der Waals surface area contributed by atoms with E-state index in [1.807, 2.05) is 6.07 Å². The van der Waals surface area contributed by atoms with Crippen LogP contribution in [0.4, 0.5) is 0 Å². The molecule has 0 aliphatic heterocycles. The van der Waals surface area contributed by atoms with Crippen molar-refractivity contribution >= 4 is 22.0 Å². The number of aryl methyl sites for hydroxylation is 1. The first-order valence-electron chi connectivity index (χ1n) is 11.1. The number of nitrogens with one attached hydrogen (secondary N) is 2. The average Bonchev–Trinajstić information content (AvgIpc) is 3.43. The second kappa shape index (κ2) is 7.40. The molecule has 2 aromatic heterocycles. The summed E-state index contributed by atoms with van der Waals surface area (Å²) in [5, 5.41) is 5.21. The molecule has 31 heavy (non-hydrogen) atoms. The highest BCUT2D eigenvalue weighted by molar-refractivity contribution is 5.90. The van der Waals surface area contributed by atoms with Gasteiger partial charge in [0.15, 0.2) is 12.0 Å². The van der Waals surface area contributed by atoms with E-state index in [4.69, 9.17) is 4.42 Å². The first-order chi connectivity index (χ1) is 15.3. The van der Waals surface area contributed by atoms with E-state index in [1.165, 1.54) is 51.7 Å². The zero-order valence-corrected chi connectivity index (χ0v) is 17.6. The quantitative estimate of drug-likeness (QED) is 0.348. The van der Waals surface area contributed by atoms with E-state index in [0.29, 0.717) is 12.1 Å². The summed E-state index contributed by atoms with van der Waals surface area (Å²) in [4.78, 5) is 8.05. The fraction of sp³-hybridized carbons (Fsp3) is 0.222. The minimum atomic E-state index is 0.313. The monoisotopic (exact) mass is 407 g/mol. The van der Waals surface area contributed by atoms with Gasteiger partial charge in [0.05, 0.1) is 0 Å². The normalized spacial score (nSPS) is 17.1. The number of hydrogen-bond donors (Lipinski definition) is 2. The van der Waals surface area contributed by atoms with Gasteiger partial charge in [-0.3, -0.25) is 0 Å². The van der Waals surface area contributed by atoms with Crippen LogP contribution in [0.25, 0.3) is 33.1 Å². The lowest BCUT2D eigenvalue weighted by molar-refractivity contribution is 0.410. The molecule has 2 N–H and O–H groups in total. The molecule has 6 rings (SSSR count). The van der Waals surface area contributed by atoms with Crippen molar-refractivity contribution < 1.29 is 4.42 Å². The fourth-order valence-corrected chi connectivity index (χ4v) is 4.99. The SMILES string of the molecule is C[C@@H](N[C@@H]1CCCc2c1[nH]c1ccc(-c3ccc4ocnc4c3)cc21)c1ccccc1. The van der Waals surface area contributed by atoms with Crippen LogP contribution >= 0.6 is 0 Å². The minimum Gasteiger partial charge on any atom is -0.443 e. The number of oxazole rings is 1. The Morgan fingerprint density at radius 1 is 1.03 bits per heavy atom. The number of benzene rings is 3. The van der Waals surface area contributed by atoms with Gasteiger partial charge in [-0.1, -0.05) is 42.5 Å². The fourth-order valence-electron chi connectivity index (χ4n) is 4.99. The average molecular weight is 408 g/mol. The molecule has 0 fully saturated rings. The number of H-pyrrole nitrogens is 1. The molecule has 0 saturated carbocycles. The van der Waals surface area contributed by atoms with E-state index in [1.54, 1.807) is 0 Å². The third-order valence-corrected chi connectivity index (χ3v) is 6.62. The minimum absolute atomic E-state index is 0.313. The smallest absolute Gasteiger partial charge is 0.181 e. The van der Waals surface area contributed by atoms with Gasteiger partial charge in [-0.05, 0) is 72.7 Å². The maximum absolute atomic E-state index is 5.39. The van der Waals surface area contributed by atoms with E-state index in [-0.39, 0.29) is 0 Å². The molecule has 0 radical (unpaired) electrons. The van der Waals surface area contributed by atoms with Crippen LogP contribution in [0.15, 0.2) is 77.5 Å². The summed E-state index contributed by atoms with van der Waals surface area (Å²) in [6.07, 6.45) is 4.99. The predicted octanol–water partition coefficient (Wildman–Crippen LogP) is 6.70. The predicted molar refractivity (Wildman–Crippen MR) is 125 cm³/mol. The zero-order chi connectivity index (χ0) is 20.8. The van der Waals surface area contributed by atoms with Gasteiger partial charge in [-0.15, -0.1) is 0 Å². The molecular weight excluding hydrogens is 382 g/mol. The van der Waals surface area contributed by atoms with Crippen LogP contribution < -0.4 is 5.32 Å². The highest BCUT2D eigenvalue weighted by Crippen LogP contribution is 2.37. The molecule has 2 heterocycles. The van der Waals surface area contributed by atoms with E-state index in [0.717, 1.165) is 23.9 Å². The van der Waals surface area contributed by atoms with Crippen LogP contribution in [0.2, 0.25) is 0 Å². The number of rotatable bonds is 4. The van der Waals surface area contributed by atoms with Crippen LogP contribution in [-0.2, 0) is 6.42 Å². The second-order valence-electron chi connectivity index (χ2n) is 8.56. The third-order valence-electron chi connectivity index (χ3n) is 6.62. The first kappa shape index (κ1) is 18.4. The molecular formula is C27H25N3O. The molecule has 1 aliphatic carbocycles. The summed E-state index contributed by atoms with van der Waals surface area (Å²) in [5.74, 6) is 0. The van der Waals surface area contributed by atoms with Gasteiger partial charge in [0.25, 0.3) is 0 Å². The van der Waals surface area contributed by atoms with E-state index < -0.39 is 0 Å². The molecule has 0 saturated heterocycles. The van der Waals surface area contributed by atoms with Crippen LogP contribution in [0.5, 0.6) is 0 Å². The van der Waals surface area contributed by atoms with E-state index >= 15 is 0 Å². The summed E-state index contributed by atoms with van der Waals surface area (Å²) >= 11 is 0. The summed E-state index contributed by atoms with van der Waals surface area (Å²) in [7, 11) is 0. The largest absolute Gasteiger partial charge is 0.443 e. The number of aromatic nitrogens is 2. The Hall–Kier alpha value is -3.37. The van der Waals surface area contributed by atoms with Gasteiger partial charge in [0.2, 0.25) is 0 Å². The van der Waals surface area contributed by atoms with Crippen LogP contribution in [-0.4, -0.2) is 9.97 Å². The maximum atomic E-state index is 5.39. The lowest BCUT2D eigenvalue weighted by Crippen LogP contribution is -2.27. The Kier molecular flexibility index (Phi) is 4.39. The molecule has 154 valence electrons. The Balaban J connectivity index is 1.36. The van der Waals surface area contributed by atoms with Gasteiger partial charge in [0, 0.05) is 28.7 Å².